The van der Waals surface area contributed by atoms with Gasteiger partial charge in [-0.05, 0) is 36.9 Å². The van der Waals surface area contributed by atoms with Gasteiger partial charge in [-0.25, -0.2) is 0 Å². The molecule has 0 spiro atoms. The molecule has 8 nitrogen and oxygen atoms in total. The Morgan fingerprint density at radius 2 is 2.04 bits per heavy atom. The van der Waals surface area contributed by atoms with E-state index in [1.165, 1.54) is 18.2 Å². The van der Waals surface area contributed by atoms with E-state index in [0.29, 0.717) is 18.0 Å². The van der Waals surface area contributed by atoms with Gasteiger partial charge in [0.05, 0.1) is 11.5 Å². The normalized spacial score (nSPS) is 12.3. The highest BCUT2D eigenvalue weighted by atomic mass is 35.5. The molecule has 1 amide bonds. The van der Waals surface area contributed by atoms with Crippen molar-refractivity contribution in [2.45, 2.75) is 6.54 Å². The highest BCUT2D eigenvalue weighted by molar-refractivity contribution is 6.31. The number of rotatable bonds is 6. The molecule has 0 saturated carbocycles. The van der Waals surface area contributed by atoms with Crippen molar-refractivity contribution in [3.8, 4) is 11.5 Å². The van der Waals surface area contributed by atoms with Crippen molar-refractivity contribution < 1.29 is 19.2 Å². The molecule has 0 unspecified atom stereocenters. The molecule has 136 valence electrons. The minimum Gasteiger partial charge on any atom is -0.454 e. The number of nitro benzene ring substituents is 1. The minimum absolute atomic E-state index is 0.0637. The van der Waals surface area contributed by atoms with E-state index < -0.39 is 4.92 Å². The van der Waals surface area contributed by atoms with E-state index >= 15 is 0 Å². The zero-order chi connectivity index (χ0) is 18.7. The average molecular weight is 378 g/mol. The van der Waals surface area contributed by atoms with Crippen molar-refractivity contribution in [2.24, 2.45) is 0 Å². The second kappa shape index (κ2) is 7.59. The maximum Gasteiger partial charge on any atom is 0.294 e. The minimum atomic E-state index is -0.585. The van der Waals surface area contributed by atoms with Gasteiger partial charge in [0.2, 0.25) is 12.7 Å². The lowest BCUT2D eigenvalue weighted by Crippen LogP contribution is -2.30. The van der Waals surface area contributed by atoms with E-state index in [1.54, 1.807) is 11.9 Å². The number of likely N-dealkylation sites (N-methyl/N-ethyl adjacent to an activating group) is 1. The van der Waals surface area contributed by atoms with Crippen LogP contribution in [0.3, 0.4) is 0 Å². The number of carbonyl (C=O) groups excluding carboxylic acids is 1. The lowest BCUT2D eigenvalue weighted by Gasteiger charge is -2.16. The van der Waals surface area contributed by atoms with Crippen molar-refractivity contribution >= 4 is 28.9 Å². The number of ether oxygens (including phenoxy) is 2. The lowest BCUT2D eigenvalue weighted by molar-refractivity contribution is -0.383. The Labute approximate surface area is 154 Å². The van der Waals surface area contributed by atoms with Crippen LogP contribution >= 0.6 is 11.6 Å². The molecule has 26 heavy (non-hydrogen) atoms. The molecule has 1 aliphatic rings. The third-order valence-corrected chi connectivity index (χ3v) is 3.97. The average Bonchev–Trinajstić information content (AvgIpc) is 3.03. The summed E-state index contributed by atoms with van der Waals surface area (Å²) in [5.74, 6) is 1.01. The van der Waals surface area contributed by atoms with Crippen LogP contribution in [0.25, 0.3) is 0 Å². The van der Waals surface area contributed by atoms with Crippen molar-refractivity contribution in [1.82, 2.24) is 4.90 Å². The molecule has 2 aromatic carbocycles. The summed E-state index contributed by atoms with van der Waals surface area (Å²) >= 11 is 5.77. The van der Waals surface area contributed by atoms with Gasteiger partial charge in [0.25, 0.3) is 5.69 Å². The Hall–Kier alpha value is -2.84. The largest absolute Gasteiger partial charge is 0.454 e. The monoisotopic (exact) mass is 377 g/mol. The van der Waals surface area contributed by atoms with Crippen LogP contribution in [0.15, 0.2) is 36.4 Å². The van der Waals surface area contributed by atoms with Crippen LogP contribution < -0.4 is 14.8 Å². The fraction of sp³-hybridized carbons (Fsp3) is 0.235. The summed E-state index contributed by atoms with van der Waals surface area (Å²) in [5.41, 5.74) is 0.826. The lowest BCUT2D eigenvalue weighted by atomic mass is 10.2. The van der Waals surface area contributed by atoms with Gasteiger partial charge in [-0.15, -0.1) is 0 Å². The Bertz CT molecular complexity index is 858. The molecule has 0 fully saturated rings. The number of carbonyl (C=O) groups is 1. The van der Waals surface area contributed by atoms with Crippen LogP contribution in [-0.4, -0.2) is 36.1 Å². The number of amides is 1. The summed E-state index contributed by atoms with van der Waals surface area (Å²) in [6.07, 6.45) is 0. The second-order valence-corrected chi connectivity index (χ2v) is 6.26. The first kappa shape index (κ1) is 18.0. The van der Waals surface area contributed by atoms with Crippen molar-refractivity contribution in [3.05, 3.63) is 57.1 Å². The molecule has 1 N–H and O–H groups in total. The molecule has 0 saturated heterocycles. The van der Waals surface area contributed by atoms with Crippen molar-refractivity contribution in [2.75, 3.05) is 25.7 Å². The first-order valence-electron chi connectivity index (χ1n) is 7.73. The number of hydrogen-bond acceptors (Lipinski definition) is 6. The van der Waals surface area contributed by atoms with E-state index in [9.17, 15) is 14.9 Å². The first-order chi connectivity index (χ1) is 12.4. The molecule has 0 bridgehead atoms. The Kier molecular flexibility index (Phi) is 5.24. The molecule has 0 aliphatic carbocycles. The molecule has 9 heteroatoms. The van der Waals surface area contributed by atoms with Gasteiger partial charge in [-0.3, -0.25) is 19.8 Å². The van der Waals surface area contributed by atoms with Crippen LogP contribution in [0.4, 0.5) is 11.4 Å². The Balaban J connectivity index is 1.60. The van der Waals surface area contributed by atoms with Gasteiger partial charge < -0.3 is 14.8 Å². The van der Waals surface area contributed by atoms with Crippen molar-refractivity contribution in [1.29, 1.82) is 0 Å². The third-order valence-electron chi connectivity index (χ3n) is 3.73. The van der Waals surface area contributed by atoms with E-state index in [0.717, 1.165) is 5.56 Å². The molecule has 1 heterocycles. The number of fused-ring (bicyclic) bond motifs is 1. The number of nitro groups is 1. The third kappa shape index (κ3) is 4.22. The summed E-state index contributed by atoms with van der Waals surface area (Å²) in [4.78, 5) is 24.5. The van der Waals surface area contributed by atoms with Gasteiger partial charge >= 0.3 is 0 Å². The van der Waals surface area contributed by atoms with Crippen LogP contribution in [0.2, 0.25) is 5.02 Å². The van der Waals surface area contributed by atoms with Gasteiger partial charge in [-0.2, -0.15) is 0 Å². The number of nitrogens with zero attached hydrogens (tertiary/aromatic N) is 2. The molecule has 0 atom stereocenters. The number of nitrogens with one attached hydrogen (secondary N) is 1. The summed E-state index contributed by atoms with van der Waals surface area (Å²) in [6.45, 7) is 0.776. The molecule has 0 aromatic heterocycles. The maximum absolute atomic E-state index is 12.2. The molecule has 1 aliphatic heterocycles. The number of halogens is 1. The summed E-state index contributed by atoms with van der Waals surface area (Å²) in [5, 5.41) is 13.9. The van der Waals surface area contributed by atoms with Crippen LogP contribution in [0, 0.1) is 10.1 Å². The number of hydrogen-bond donors (Lipinski definition) is 1. The molecule has 0 radical (unpaired) electrons. The topological polar surface area (TPSA) is 93.9 Å². The number of benzene rings is 2. The summed E-state index contributed by atoms with van der Waals surface area (Å²) < 4.78 is 10.6. The number of anilines is 1. The zero-order valence-corrected chi connectivity index (χ0v) is 14.7. The summed E-state index contributed by atoms with van der Waals surface area (Å²) in [6, 6.07) is 9.68. The van der Waals surface area contributed by atoms with Gasteiger partial charge in [-0.1, -0.05) is 17.7 Å². The van der Waals surface area contributed by atoms with Gasteiger partial charge in [0.15, 0.2) is 11.5 Å². The van der Waals surface area contributed by atoms with Crippen LogP contribution in [0.5, 0.6) is 11.5 Å². The van der Waals surface area contributed by atoms with E-state index in [-0.39, 0.29) is 35.6 Å². The fourth-order valence-electron chi connectivity index (χ4n) is 2.60. The van der Waals surface area contributed by atoms with E-state index in [2.05, 4.69) is 5.32 Å². The smallest absolute Gasteiger partial charge is 0.294 e. The Morgan fingerprint density at radius 1 is 1.27 bits per heavy atom. The predicted octanol–water partition coefficient (Wildman–Crippen LogP) is 3.05. The second-order valence-electron chi connectivity index (χ2n) is 5.83. The predicted molar refractivity (Wildman–Crippen MR) is 95.6 cm³/mol. The van der Waals surface area contributed by atoms with Crippen molar-refractivity contribution in [3.63, 3.8) is 0 Å². The molecular formula is C17H16ClN3O5. The maximum atomic E-state index is 12.2. The van der Waals surface area contributed by atoms with Crippen LogP contribution in [-0.2, 0) is 11.3 Å². The first-order valence-corrected chi connectivity index (χ1v) is 8.11. The molecule has 2 aromatic rings. The highest BCUT2D eigenvalue weighted by Crippen LogP contribution is 2.32. The van der Waals surface area contributed by atoms with E-state index in [4.69, 9.17) is 21.1 Å². The fourth-order valence-corrected chi connectivity index (χ4v) is 2.77. The zero-order valence-electron chi connectivity index (χ0n) is 13.9. The molecule has 3 rings (SSSR count). The SMILES string of the molecule is CN(CC(=O)Nc1ccc(Cl)cc1[N+](=O)[O-])Cc1ccc2c(c1)OCO2. The standard InChI is InChI=1S/C17H16ClN3O5/c1-20(8-11-2-5-15-16(6-11)26-10-25-15)9-17(22)19-13-4-3-12(18)7-14(13)21(23)24/h2-7H,8-10H2,1H3,(H,19,22). The van der Waals surface area contributed by atoms with Gasteiger partial charge in [0.1, 0.15) is 5.69 Å². The summed E-state index contributed by atoms with van der Waals surface area (Å²) in [7, 11) is 1.78. The quantitative estimate of drug-likeness (QED) is 0.614. The highest BCUT2D eigenvalue weighted by Gasteiger charge is 2.18. The Morgan fingerprint density at radius 3 is 2.81 bits per heavy atom. The van der Waals surface area contributed by atoms with E-state index in [1.807, 2.05) is 18.2 Å². The van der Waals surface area contributed by atoms with Gasteiger partial charge in [0, 0.05) is 17.6 Å². The molecular weight excluding hydrogens is 362 g/mol. The van der Waals surface area contributed by atoms with Crippen LogP contribution in [0.1, 0.15) is 5.56 Å².